The van der Waals surface area contributed by atoms with E-state index in [0.717, 1.165) is 11.8 Å². The monoisotopic (exact) mass is 541 g/mol. The molecule has 0 atom stereocenters. The van der Waals surface area contributed by atoms with Crippen molar-refractivity contribution in [2.24, 2.45) is 5.73 Å². The fraction of sp³-hybridized carbons (Fsp3) is 0.440. The third-order valence-electron chi connectivity index (χ3n) is 6.34. The number of nitrogens with zero attached hydrogens (tertiary/aromatic N) is 5. The minimum absolute atomic E-state index is 0.0282. The number of amides is 1. The summed E-state index contributed by atoms with van der Waals surface area (Å²) in [5.74, 6) is 0.900. The molecule has 0 radical (unpaired) electrons. The van der Waals surface area contributed by atoms with Gasteiger partial charge in [0, 0.05) is 31.9 Å². The molecule has 3 N–H and O–H groups in total. The number of sulfonamides is 1. The summed E-state index contributed by atoms with van der Waals surface area (Å²) in [5, 5.41) is 23.4. The van der Waals surface area contributed by atoms with Gasteiger partial charge in [-0.2, -0.15) is 10.5 Å². The van der Waals surface area contributed by atoms with Gasteiger partial charge in [0.15, 0.2) is 0 Å². The average Bonchev–Trinajstić information content (AvgIpc) is 2.90. The molecule has 0 spiro atoms. The van der Waals surface area contributed by atoms with Gasteiger partial charge >= 0.3 is 0 Å². The van der Waals surface area contributed by atoms with E-state index < -0.39 is 10.0 Å². The molecule has 1 aromatic heterocycles. The van der Waals surface area contributed by atoms with Crippen molar-refractivity contribution < 1.29 is 13.2 Å². The van der Waals surface area contributed by atoms with E-state index in [1.165, 1.54) is 23.1 Å². The van der Waals surface area contributed by atoms with Gasteiger partial charge in [-0.3, -0.25) is 9.10 Å². The first-order valence-corrected chi connectivity index (χ1v) is 14.7. The quantitative estimate of drug-likeness (QED) is 0.454. The first-order chi connectivity index (χ1) is 17.6. The Labute approximate surface area is 222 Å². The van der Waals surface area contributed by atoms with Crippen LogP contribution in [0.5, 0.6) is 0 Å². The van der Waals surface area contributed by atoms with Crippen LogP contribution in [0.1, 0.15) is 42.0 Å². The molecule has 10 nitrogen and oxygen atoms in total. The van der Waals surface area contributed by atoms with Gasteiger partial charge in [-0.15, -0.1) is 11.8 Å². The molecule has 0 bridgehead atoms. The summed E-state index contributed by atoms with van der Waals surface area (Å²) >= 11 is 1.41. The number of anilines is 2. The Morgan fingerprint density at radius 3 is 2.35 bits per heavy atom. The maximum atomic E-state index is 11.8. The van der Waals surface area contributed by atoms with Crippen molar-refractivity contribution >= 4 is 39.2 Å². The topological polar surface area (TPSA) is 156 Å². The number of nitriles is 2. The van der Waals surface area contributed by atoms with Gasteiger partial charge in [-0.25, -0.2) is 13.4 Å². The molecule has 196 valence electrons. The molecule has 1 aliphatic rings. The highest BCUT2D eigenvalue weighted by molar-refractivity contribution is 7.98. The Morgan fingerprint density at radius 2 is 1.84 bits per heavy atom. The molecular formula is C25H31N7O3S2. The number of piperidine rings is 1. The molecule has 1 amide bonds. The van der Waals surface area contributed by atoms with Gasteiger partial charge in [0.2, 0.25) is 15.9 Å². The van der Waals surface area contributed by atoms with Crippen molar-refractivity contribution in [1.29, 1.82) is 10.5 Å². The maximum Gasteiger partial charge on any atom is 0.233 e. The smallest absolute Gasteiger partial charge is 0.233 e. The number of aromatic nitrogens is 1. The first kappa shape index (κ1) is 28.3. The summed E-state index contributed by atoms with van der Waals surface area (Å²) in [6.07, 6.45) is 3.08. The summed E-state index contributed by atoms with van der Waals surface area (Å²) in [6.45, 7) is 3.10. The van der Waals surface area contributed by atoms with Gasteiger partial charge in [0.25, 0.3) is 0 Å². The van der Waals surface area contributed by atoms with Crippen LogP contribution in [0.25, 0.3) is 0 Å². The minimum atomic E-state index is -3.35. The van der Waals surface area contributed by atoms with E-state index in [2.05, 4.69) is 17.5 Å². The molecule has 1 fully saturated rings. The fourth-order valence-corrected chi connectivity index (χ4v) is 5.65. The lowest BCUT2D eigenvalue weighted by Crippen LogP contribution is -2.46. The van der Waals surface area contributed by atoms with Crippen LogP contribution in [-0.2, 0) is 27.0 Å². The number of benzene rings is 1. The molecule has 12 heteroatoms. The predicted molar refractivity (Wildman–Crippen MR) is 145 cm³/mol. The molecule has 0 aliphatic carbocycles. The third kappa shape index (κ3) is 6.72. The van der Waals surface area contributed by atoms with E-state index in [-0.39, 0.29) is 18.5 Å². The number of hydrogen-bond donors (Lipinski definition) is 2. The Kier molecular flexibility index (Phi) is 9.38. The standard InChI is InChI=1S/C25H31N7O3S2/c1-4-20-21(13-26)24(32-11-9-18(10-12-32)29-23(33)15-28)30-25(22(20)14-27)36-16-17-5-7-19(8-6-17)31(2)37(3,34)35/h5-8,18H,4,9-12,15-16,28H2,1-3H3,(H,29,33). The molecule has 1 aliphatic heterocycles. The highest BCUT2D eigenvalue weighted by Crippen LogP contribution is 2.34. The predicted octanol–water partition coefficient (Wildman–Crippen LogP) is 2.12. The van der Waals surface area contributed by atoms with Crippen molar-refractivity contribution in [3.05, 3.63) is 46.5 Å². The van der Waals surface area contributed by atoms with E-state index in [4.69, 9.17) is 10.7 Å². The van der Waals surface area contributed by atoms with E-state index in [1.54, 1.807) is 12.1 Å². The van der Waals surface area contributed by atoms with Crippen LogP contribution >= 0.6 is 11.8 Å². The third-order valence-corrected chi connectivity index (χ3v) is 8.60. The van der Waals surface area contributed by atoms with Gasteiger partial charge in [-0.05, 0) is 42.5 Å². The molecule has 1 saturated heterocycles. The number of nitrogens with two attached hydrogens (primary N) is 1. The van der Waals surface area contributed by atoms with Crippen LogP contribution in [0.4, 0.5) is 11.5 Å². The van der Waals surface area contributed by atoms with E-state index in [1.807, 2.05) is 24.0 Å². The average molecular weight is 542 g/mol. The molecular weight excluding hydrogens is 510 g/mol. The molecule has 1 aromatic carbocycles. The van der Waals surface area contributed by atoms with Crippen molar-refractivity contribution in [3.63, 3.8) is 0 Å². The second-order valence-electron chi connectivity index (χ2n) is 8.76. The minimum Gasteiger partial charge on any atom is -0.355 e. The van der Waals surface area contributed by atoms with E-state index >= 15 is 0 Å². The van der Waals surface area contributed by atoms with Gasteiger partial charge in [0.1, 0.15) is 23.0 Å². The number of rotatable bonds is 9. The zero-order valence-electron chi connectivity index (χ0n) is 21.2. The largest absolute Gasteiger partial charge is 0.355 e. The highest BCUT2D eigenvalue weighted by Gasteiger charge is 2.27. The second-order valence-corrected chi connectivity index (χ2v) is 11.7. The molecule has 37 heavy (non-hydrogen) atoms. The summed E-state index contributed by atoms with van der Waals surface area (Å²) in [7, 11) is -1.85. The maximum absolute atomic E-state index is 11.8. The van der Waals surface area contributed by atoms with E-state index in [0.29, 0.717) is 71.3 Å². The zero-order valence-corrected chi connectivity index (χ0v) is 22.8. The second kappa shape index (κ2) is 12.3. The number of carbonyl (C=O) groups excluding carboxylic acids is 1. The Hall–Kier alpha value is -3.32. The molecule has 3 rings (SSSR count). The van der Waals surface area contributed by atoms with Crippen molar-refractivity contribution in [3.8, 4) is 12.1 Å². The normalized spacial score (nSPS) is 14.1. The Morgan fingerprint density at radius 1 is 1.22 bits per heavy atom. The van der Waals surface area contributed by atoms with Crippen molar-refractivity contribution in [2.45, 2.75) is 43.0 Å². The zero-order chi connectivity index (χ0) is 27.2. The van der Waals surface area contributed by atoms with Gasteiger partial charge in [-0.1, -0.05) is 19.1 Å². The van der Waals surface area contributed by atoms with Crippen LogP contribution in [-0.4, -0.2) is 58.3 Å². The summed E-state index contributed by atoms with van der Waals surface area (Å²) < 4.78 is 24.8. The number of thioether (sulfide) groups is 1. The van der Waals surface area contributed by atoms with Crippen molar-refractivity contribution in [2.75, 3.05) is 42.1 Å². The van der Waals surface area contributed by atoms with Crippen LogP contribution in [0.15, 0.2) is 29.3 Å². The molecule has 2 heterocycles. The SMILES string of the molecule is CCc1c(C#N)c(SCc2ccc(N(C)S(C)(=O)=O)cc2)nc(N2CCC(NC(=O)CN)CC2)c1C#N. The summed E-state index contributed by atoms with van der Waals surface area (Å²) in [6, 6.07) is 11.7. The Balaban J connectivity index is 1.85. The number of hydrogen-bond acceptors (Lipinski definition) is 9. The van der Waals surface area contributed by atoms with Crippen LogP contribution in [0.2, 0.25) is 0 Å². The van der Waals surface area contributed by atoms with Crippen LogP contribution < -0.4 is 20.3 Å². The number of nitrogens with one attached hydrogen (secondary N) is 1. The molecule has 0 unspecified atom stereocenters. The Bertz CT molecular complexity index is 1320. The summed E-state index contributed by atoms with van der Waals surface area (Å²) in [5.41, 5.74) is 8.42. The lowest BCUT2D eigenvalue weighted by molar-refractivity contribution is -0.120. The van der Waals surface area contributed by atoms with Crippen LogP contribution in [0, 0.1) is 22.7 Å². The van der Waals surface area contributed by atoms with Gasteiger partial charge < -0.3 is 16.0 Å². The number of carbonyl (C=O) groups is 1. The lowest BCUT2D eigenvalue weighted by Gasteiger charge is -2.34. The van der Waals surface area contributed by atoms with E-state index in [9.17, 15) is 23.7 Å². The molecule has 0 saturated carbocycles. The lowest BCUT2D eigenvalue weighted by atomic mass is 10.00. The number of pyridine rings is 1. The summed E-state index contributed by atoms with van der Waals surface area (Å²) in [4.78, 5) is 18.5. The fourth-order valence-electron chi connectivity index (χ4n) is 4.18. The van der Waals surface area contributed by atoms with Crippen molar-refractivity contribution in [1.82, 2.24) is 10.3 Å². The molecule has 2 aromatic rings. The highest BCUT2D eigenvalue weighted by atomic mass is 32.2. The first-order valence-electron chi connectivity index (χ1n) is 11.9. The van der Waals surface area contributed by atoms with Gasteiger partial charge in [0.05, 0.1) is 29.6 Å². The van der Waals surface area contributed by atoms with Crippen LogP contribution in [0.3, 0.4) is 0 Å².